The van der Waals surface area contributed by atoms with Crippen molar-refractivity contribution in [1.29, 1.82) is 0 Å². The van der Waals surface area contributed by atoms with Crippen molar-refractivity contribution in [1.82, 2.24) is 20.2 Å². The average molecular weight is 534 g/mol. The summed E-state index contributed by atoms with van der Waals surface area (Å²) in [6.07, 6.45) is -1.85. The number of esters is 1. The molecule has 0 atom stereocenters. The highest BCUT2D eigenvalue weighted by Crippen LogP contribution is 2.32. The van der Waals surface area contributed by atoms with Crippen LogP contribution in [0, 0.1) is 6.92 Å². The molecular weight excluding hydrogens is 513 g/mol. The minimum Gasteiger partial charge on any atom is -0.451 e. The zero-order valence-electron chi connectivity index (χ0n) is 20.5. The van der Waals surface area contributed by atoms with Crippen LogP contribution in [0.4, 0.5) is 18.9 Å². The lowest BCUT2D eigenvalue weighted by atomic mass is 10.2. The van der Waals surface area contributed by atoms with Crippen molar-refractivity contribution in [3.63, 3.8) is 0 Å². The monoisotopic (exact) mass is 534 g/mol. The van der Waals surface area contributed by atoms with E-state index in [1.807, 2.05) is 0 Å². The van der Waals surface area contributed by atoms with E-state index >= 15 is 0 Å². The maximum atomic E-state index is 13.3. The van der Waals surface area contributed by atoms with Gasteiger partial charge in [0.1, 0.15) is 0 Å². The van der Waals surface area contributed by atoms with Gasteiger partial charge in [-0.25, -0.2) is 4.79 Å². The van der Waals surface area contributed by atoms with E-state index in [0.717, 1.165) is 27.9 Å². The number of nitrogens with zero attached hydrogens (tertiary/aromatic N) is 6. The van der Waals surface area contributed by atoms with E-state index in [-0.39, 0.29) is 11.4 Å². The first kappa shape index (κ1) is 26.9. The molecule has 1 amide bonds. The van der Waals surface area contributed by atoms with Crippen LogP contribution < -0.4 is 5.01 Å². The Morgan fingerprint density at radius 2 is 1.64 bits per heavy atom. The zero-order chi connectivity index (χ0) is 27.8. The number of hydrazone groups is 1. The summed E-state index contributed by atoms with van der Waals surface area (Å²) >= 11 is 0. The van der Waals surface area contributed by atoms with Crippen molar-refractivity contribution in [3.8, 4) is 0 Å². The van der Waals surface area contributed by atoms with E-state index < -0.39 is 30.2 Å². The first-order chi connectivity index (χ1) is 18.7. The molecule has 1 heterocycles. The molecule has 9 nitrogen and oxygen atoms in total. The fourth-order valence-electron chi connectivity index (χ4n) is 3.38. The summed E-state index contributed by atoms with van der Waals surface area (Å²) in [5.74, 6) is -1.53. The number of rotatable bonds is 8. The molecule has 12 heteroatoms. The number of hydrogen-bond donors (Lipinski definition) is 0. The highest BCUT2D eigenvalue weighted by Gasteiger charge is 2.31. The zero-order valence-corrected chi connectivity index (χ0v) is 20.5. The van der Waals surface area contributed by atoms with Crippen molar-refractivity contribution >= 4 is 35.6 Å². The summed E-state index contributed by atoms with van der Waals surface area (Å²) in [6.45, 7) is 0.749. The highest BCUT2D eigenvalue weighted by molar-refractivity contribution is 6.15. The molecule has 1 aromatic heterocycles. The Morgan fingerprint density at radius 1 is 0.974 bits per heavy atom. The SMILES string of the molecule is Cc1nnnn1/C(=C/c1ccccc1)C(=O)OCC(=O)N(/N=C\c1ccccc1)c1cccc(C(F)(F)F)c1. The first-order valence-electron chi connectivity index (χ1n) is 11.5. The van der Waals surface area contributed by atoms with Gasteiger partial charge in [0.15, 0.2) is 18.1 Å². The number of halogens is 3. The minimum absolute atomic E-state index is 0.0742. The topological polar surface area (TPSA) is 103 Å². The van der Waals surface area contributed by atoms with Gasteiger partial charge in [-0.15, -0.1) is 5.10 Å². The van der Waals surface area contributed by atoms with Crippen LogP contribution in [0.5, 0.6) is 0 Å². The number of ether oxygens (including phenoxy) is 1. The number of aryl methyl sites for hydroxylation is 1. The standard InChI is InChI=1S/C27H21F3N6O3/c1-19-32-33-34-35(19)24(15-20-9-4-2-5-10-20)26(38)39-18-25(37)36(31-17-21-11-6-3-7-12-21)23-14-8-13-22(16-23)27(28,29)30/h2-17H,18H2,1H3/b24-15+,31-17-. The lowest BCUT2D eigenvalue weighted by Gasteiger charge is -2.19. The lowest BCUT2D eigenvalue weighted by molar-refractivity contribution is -0.142. The number of hydrogen-bond acceptors (Lipinski definition) is 7. The first-order valence-corrected chi connectivity index (χ1v) is 11.5. The fraction of sp³-hybridized carbons (Fsp3) is 0.111. The number of benzene rings is 3. The Labute approximate surface area is 220 Å². The molecule has 0 saturated heterocycles. The number of aromatic nitrogens is 4. The third kappa shape index (κ3) is 7.01. The molecule has 4 rings (SSSR count). The smallest absolute Gasteiger partial charge is 0.416 e. The minimum atomic E-state index is -4.64. The van der Waals surface area contributed by atoms with E-state index in [0.29, 0.717) is 17.0 Å². The molecule has 0 spiro atoms. The molecule has 0 bridgehead atoms. The molecule has 0 N–H and O–H groups in total. The molecule has 39 heavy (non-hydrogen) atoms. The van der Waals surface area contributed by atoms with Crippen molar-refractivity contribution in [2.45, 2.75) is 13.1 Å². The highest BCUT2D eigenvalue weighted by atomic mass is 19.4. The molecule has 4 aromatic rings. The number of tetrazole rings is 1. The molecule has 0 unspecified atom stereocenters. The quantitative estimate of drug-likeness (QED) is 0.142. The molecular formula is C27H21F3N6O3. The van der Waals surface area contributed by atoms with Crippen molar-refractivity contribution in [2.24, 2.45) is 5.10 Å². The van der Waals surface area contributed by atoms with Gasteiger partial charge in [0.2, 0.25) is 0 Å². The molecule has 0 fully saturated rings. The van der Waals surface area contributed by atoms with Gasteiger partial charge in [0.25, 0.3) is 5.91 Å². The normalized spacial score (nSPS) is 11.9. The van der Waals surface area contributed by atoms with E-state index in [9.17, 15) is 22.8 Å². The molecule has 198 valence electrons. The number of alkyl halides is 3. The Hall–Kier alpha value is -5.13. The van der Waals surface area contributed by atoms with Gasteiger partial charge in [0.05, 0.1) is 17.5 Å². The predicted octanol–water partition coefficient (Wildman–Crippen LogP) is 4.61. The van der Waals surface area contributed by atoms with Crippen LogP contribution in [0.25, 0.3) is 11.8 Å². The summed E-state index contributed by atoms with van der Waals surface area (Å²) in [5, 5.41) is 16.0. The number of anilines is 1. The van der Waals surface area contributed by atoms with E-state index in [4.69, 9.17) is 4.74 Å². The van der Waals surface area contributed by atoms with Crippen LogP contribution in [-0.2, 0) is 20.5 Å². The number of carbonyl (C=O) groups is 2. The van der Waals surface area contributed by atoms with Gasteiger partial charge in [-0.1, -0.05) is 66.7 Å². The number of amides is 1. The summed E-state index contributed by atoms with van der Waals surface area (Å²) in [6, 6.07) is 21.6. The van der Waals surface area contributed by atoms with E-state index in [1.54, 1.807) is 67.6 Å². The Bertz CT molecular complexity index is 1500. The number of carbonyl (C=O) groups excluding carboxylic acids is 2. The van der Waals surface area contributed by atoms with Crippen LogP contribution in [0.1, 0.15) is 22.5 Å². The van der Waals surface area contributed by atoms with Gasteiger partial charge in [0, 0.05) is 0 Å². The van der Waals surface area contributed by atoms with Crippen LogP contribution in [0.15, 0.2) is 90.0 Å². The summed E-state index contributed by atoms with van der Waals surface area (Å²) in [4.78, 5) is 26.2. The molecule has 0 aliphatic rings. The lowest BCUT2D eigenvalue weighted by Crippen LogP contribution is -2.31. The van der Waals surface area contributed by atoms with Gasteiger partial charge >= 0.3 is 12.1 Å². The fourth-order valence-corrected chi connectivity index (χ4v) is 3.38. The van der Waals surface area contributed by atoms with E-state index in [2.05, 4.69) is 20.6 Å². The third-order valence-corrected chi connectivity index (χ3v) is 5.27. The Morgan fingerprint density at radius 3 is 2.26 bits per heavy atom. The van der Waals surface area contributed by atoms with Crippen LogP contribution in [0.2, 0.25) is 0 Å². The largest absolute Gasteiger partial charge is 0.451 e. The molecule has 0 radical (unpaired) electrons. The average Bonchev–Trinajstić information content (AvgIpc) is 3.36. The van der Waals surface area contributed by atoms with Gasteiger partial charge < -0.3 is 4.74 Å². The third-order valence-electron chi connectivity index (χ3n) is 5.27. The Balaban J connectivity index is 1.60. The second-order valence-electron chi connectivity index (χ2n) is 8.06. The summed E-state index contributed by atoms with van der Waals surface area (Å²) in [7, 11) is 0. The van der Waals surface area contributed by atoms with Crippen LogP contribution in [0.3, 0.4) is 0 Å². The second-order valence-corrected chi connectivity index (χ2v) is 8.06. The van der Waals surface area contributed by atoms with Crippen molar-refractivity contribution < 1.29 is 27.5 Å². The van der Waals surface area contributed by atoms with E-state index in [1.165, 1.54) is 18.4 Å². The van der Waals surface area contributed by atoms with Crippen molar-refractivity contribution in [3.05, 3.63) is 107 Å². The molecule has 3 aromatic carbocycles. The molecule has 0 aliphatic heterocycles. The molecule has 0 aliphatic carbocycles. The van der Waals surface area contributed by atoms with Crippen LogP contribution in [-0.4, -0.2) is 44.9 Å². The Kier molecular flexibility index (Phi) is 8.24. The van der Waals surface area contributed by atoms with Crippen LogP contribution >= 0.6 is 0 Å². The van der Waals surface area contributed by atoms with Gasteiger partial charge in [-0.05, 0) is 52.8 Å². The summed E-state index contributed by atoms with van der Waals surface area (Å²) < 4.78 is 46.4. The predicted molar refractivity (Wildman–Crippen MR) is 137 cm³/mol. The van der Waals surface area contributed by atoms with Crippen molar-refractivity contribution in [2.75, 3.05) is 11.6 Å². The van der Waals surface area contributed by atoms with Gasteiger partial charge in [-0.2, -0.15) is 28.0 Å². The molecule has 0 saturated carbocycles. The van der Waals surface area contributed by atoms with Gasteiger partial charge in [-0.3, -0.25) is 4.79 Å². The summed E-state index contributed by atoms with van der Waals surface area (Å²) in [5.41, 5.74) is 0.0431. The second kappa shape index (κ2) is 11.9. The maximum Gasteiger partial charge on any atom is 0.416 e. The maximum absolute atomic E-state index is 13.3.